The summed E-state index contributed by atoms with van der Waals surface area (Å²) in [5, 5.41) is 6.93. The molecule has 62 valence electrons. The number of imide groups is 1. The van der Waals surface area contributed by atoms with Gasteiger partial charge in [-0.2, -0.15) is 0 Å². The van der Waals surface area contributed by atoms with Gasteiger partial charge in [0.25, 0.3) is 12.2 Å². The third kappa shape index (κ3) is 3.02. The summed E-state index contributed by atoms with van der Waals surface area (Å²) in [5.74, 6) is 0. The van der Waals surface area contributed by atoms with Gasteiger partial charge in [0.1, 0.15) is 0 Å². The van der Waals surface area contributed by atoms with Gasteiger partial charge in [-0.15, -0.1) is 0 Å². The summed E-state index contributed by atoms with van der Waals surface area (Å²) < 4.78 is 0. The minimum Gasteiger partial charge on any atom is -0.278 e. The smallest absolute Gasteiger partial charge is 0.278 e. The average Bonchev–Trinajstić information content (AvgIpc) is 2.04. The molecule has 0 fully saturated rings. The highest BCUT2D eigenvalue weighted by Gasteiger charge is 2.09. The molecule has 3 amide bonds. The van der Waals surface area contributed by atoms with Crippen molar-refractivity contribution in [3.8, 4) is 0 Å². The minimum absolute atomic E-state index is 0.0361. The Balaban J connectivity index is 4.48. The topological polar surface area (TPSA) is 108 Å². The largest absolute Gasteiger partial charge is 0.367 e. The van der Waals surface area contributed by atoms with Crippen LogP contribution in [0.5, 0.6) is 0 Å². The van der Waals surface area contributed by atoms with Crippen LogP contribution in [0, 0.1) is 0 Å². The summed E-state index contributed by atoms with van der Waals surface area (Å²) in [7, 11) is 0. The summed E-state index contributed by atoms with van der Waals surface area (Å²) in [4.78, 5) is 39.5. The maximum absolute atomic E-state index is 10.6. The zero-order chi connectivity index (χ0) is 9.40. The van der Waals surface area contributed by atoms with Gasteiger partial charge in [0.15, 0.2) is 0 Å². The molecule has 8 heteroatoms. The first-order valence-corrected chi connectivity index (χ1v) is 2.46. The van der Waals surface area contributed by atoms with Crippen molar-refractivity contribution in [3.63, 3.8) is 0 Å². The Morgan fingerprint density at radius 3 is 2.17 bits per heavy atom. The Hall–Kier alpha value is -2.30. The van der Waals surface area contributed by atoms with E-state index in [1.165, 1.54) is 0 Å². The lowest BCUT2D eigenvalue weighted by molar-refractivity contribution is -0.108. The van der Waals surface area contributed by atoms with Gasteiger partial charge in [-0.1, -0.05) is 15.3 Å². The first kappa shape index (κ1) is 9.70. The van der Waals surface area contributed by atoms with Crippen LogP contribution >= 0.6 is 0 Å². The van der Waals surface area contributed by atoms with Gasteiger partial charge in [-0.05, 0) is 0 Å². The summed E-state index contributed by atoms with van der Waals surface area (Å²) in [6, 6.07) is -1.16. The zero-order valence-corrected chi connectivity index (χ0v) is 5.55. The molecule has 0 atom stereocenters. The molecule has 12 heavy (non-hydrogen) atoms. The molecular weight excluding hydrogens is 168 g/mol. The molecule has 0 saturated carbocycles. The van der Waals surface area contributed by atoms with Gasteiger partial charge in [0, 0.05) is 0 Å². The second-order valence-electron chi connectivity index (χ2n) is 1.24. The Morgan fingerprint density at radius 1 is 1.33 bits per heavy atom. The highest BCUT2D eigenvalue weighted by molar-refractivity contribution is 5.84. The number of isocyanates is 2. The summed E-state index contributed by atoms with van der Waals surface area (Å²) >= 11 is 0. The lowest BCUT2D eigenvalue weighted by Gasteiger charge is -2.02. The zero-order valence-electron chi connectivity index (χ0n) is 5.55. The van der Waals surface area contributed by atoms with Gasteiger partial charge in [-0.3, -0.25) is 10.1 Å². The predicted octanol–water partition coefficient (Wildman–Crippen LogP) is -1.34. The fourth-order valence-electron chi connectivity index (χ4n) is 0.299. The standard InChI is InChI=1S/C4H2N4O4/c9-1-5-4(12)8(6-2-10)7-3-11/h1H,(H,5,9,12). The number of nitrogens with one attached hydrogen (secondary N) is 1. The van der Waals surface area contributed by atoms with Gasteiger partial charge < -0.3 is 0 Å². The molecule has 0 aliphatic heterocycles. The predicted molar refractivity (Wildman–Crippen MR) is 32.7 cm³/mol. The molecule has 0 bridgehead atoms. The molecule has 0 unspecified atom stereocenters. The average molecular weight is 170 g/mol. The normalized spacial score (nSPS) is 7.00. The number of rotatable bonds is 3. The molecule has 0 aliphatic rings. The summed E-state index contributed by atoms with van der Waals surface area (Å²) in [6.07, 6.45) is 1.92. The van der Waals surface area contributed by atoms with E-state index in [1.54, 1.807) is 5.32 Å². The number of hydrogen-bond acceptors (Lipinski definition) is 6. The second kappa shape index (κ2) is 5.48. The molecule has 0 heterocycles. The third-order valence-electron chi connectivity index (χ3n) is 0.635. The van der Waals surface area contributed by atoms with Crippen molar-refractivity contribution in [2.45, 2.75) is 0 Å². The van der Waals surface area contributed by atoms with Crippen LogP contribution in [0.25, 0.3) is 0 Å². The van der Waals surface area contributed by atoms with E-state index >= 15 is 0 Å². The molecular formula is C4H2N4O4. The van der Waals surface area contributed by atoms with E-state index in [9.17, 15) is 19.2 Å². The maximum atomic E-state index is 10.6. The Kier molecular flexibility index (Phi) is 4.43. The fraction of sp³-hybridized carbons (Fsp3) is 0. The van der Waals surface area contributed by atoms with Crippen LogP contribution in [-0.4, -0.2) is 29.7 Å². The Labute approximate surface area is 65.5 Å². The van der Waals surface area contributed by atoms with Crippen molar-refractivity contribution in [1.29, 1.82) is 0 Å². The number of hydrogen-bond donors (Lipinski definition) is 1. The number of carbonyl (C=O) groups is 2. The monoisotopic (exact) mass is 170 g/mol. The lowest BCUT2D eigenvalue weighted by atomic mass is 11.0. The third-order valence-corrected chi connectivity index (χ3v) is 0.635. The molecule has 0 aromatic rings. The highest BCUT2D eigenvalue weighted by Crippen LogP contribution is 1.87. The van der Waals surface area contributed by atoms with Gasteiger partial charge in [0.2, 0.25) is 6.41 Å². The van der Waals surface area contributed by atoms with Crippen LogP contribution in [-0.2, 0) is 14.4 Å². The van der Waals surface area contributed by atoms with Gasteiger partial charge >= 0.3 is 6.03 Å². The second-order valence-corrected chi connectivity index (χ2v) is 1.24. The number of urea groups is 1. The Bertz CT molecular complexity index is 257. The number of amides is 3. The Morgan fingerprint density at radius 2 is 1.83 bits per heavy atom. The summed E-state index contributed by atoms with van der Waals surface area (Å²) in [6.45, 7) is 0. The molecule has 8 nitrogen and oxygen atoms in total. The molecule has 1 N–H and O–H groups in total. The van der Waals surface area contributed by atoms with Crippen molar-refractivity contribution in [2.24, 2.45) is 10.2 Å². The highest BCUT2D eigenvalue weighted by atomic mass is 16.2. The van der Waals surface area contributed by atoms with E-state index in [1.807, 2.05) is 0 Å². The molecule has 0 aromatic heterocycles. The number of nitrogens with zero attached hydrogens (tertiary/aromatic N) is 3. The van der Waals surface area contributed by atoms with Crippen LogP contribution in [0.15, 0.2) is 10.2 Å². The number of carbonyl (C=O) groups excluding carboxylic acids is 4. The van der Waals surface area contributed by atoms with Crippen LogP contribution in [0.2, 0.25) is 0 Å². The van der Waals surface area contributed by atoms with Crippen LogP contribution in [0.4, 0.5) is 4.79 Å². The van der Waals surface area contributed by atoms with Crippen molar-refractivity contribution in [3.05, 3.63) is 0 Å². The summed E-state index contributed by atoms with van der Waals surface area (Å²) in [5.41, 5.74) is 0. The molecule has 0 aliphatic carbocycles. The van der Waals surface area contributed by atoms with E-state index in [0.29, 0.717) is 0 Å². The maximum Gasteiger partial charge on any atom is 0.367 e. The quantitative estimate of drug-likeness (QED) is 0.244. The van der Waals surface area contributed by atoms with E-state index in [0.717, 1.165) is 12.2 Å². The van der Waals surface area contributed by atoms with Crippen LogP contribution in [0.1, 0.15) is 0 Å². The molecule has 0 rings (SSSR count). The van der Waals surface area contributed by atoms with Crippen molar-refractivity contribution in [2.75, 3.05) is 0 Å². The van der Waals surface area contributed by atoms with Gasteiger partial charge in [-0.25, -0.2) is 14.4 Å². The van der Waals surface area contributed by atoms with E-state index < -0.39 is 6.03 Å². The van der Waals surface area contributed by atoms with Crippen LogP contribution < -0.4 is 5.32 Å². The van der Waals surface area contributed by atoms with Crippen molar-refractivity contribution in [1.82, 2.24) is 10.4 Å². The van der Waals surface area contributed by atoms with Gasteiger partial charge in [0.05, 0.1) is 0 Å². The molecule has 0 saturated heterocycles. The van der Waals surface area contributed by atoms with Crippen LogP contribution in [0.3, 0.4) is 0 Å². The lowest BCUT2D eigenvalue weighted by Crippen LogP contribution is -2.32. The first-order valence-electron chi connectivity index (χ1n) is 2.46. The molecule has 0 radical (unpaired) electrons. The van der Waals surface area contributed by atoms with Crippen molar-refractivity contribution >= 4 is 24.6 Å². The molecule has 0 spiro atoms. The first-order chi connectivity index (χ1) is 5.76. The SMILES string of the molecule is O=C=NN(N=C=O)C(=O)NC=O. The van der Waals surface area contributed by atoms with E-state index in [4.69, 9.17) is 0 Å². The molecule has 0 aromatic carbocycles. The number of hydrazone groups is 2. The van der Waals surface area contributed by atoms with Crippen molar-refractivity contribution < 1.29 is 19.2 Å². The minimum atomic E-state index is -1.16. The van der Waals surface area contributed by atoms with E-state index in [2.05, 4.69) is 10.2 Å². The van der Waals surface area contributed by atoms with E-state index in [-0.39, 0.29) is 11.5 Å². The fourth-order valence-corrected chi connectivity index (χ4v) is 0.299.